The molecule has 2 heterocycles. The first kappa shape index (κ1) is 17.0. The van der Waals surface area contributed by atoms with E-state index in [2.05, 4.69) is 11.1 Å². The molecular weight excluding hydrogens is 328 g/mol. The maximum absolute atomic E-state index is 13.1. The first-order valence-corrected chi connectivity index (χ1v) is 9.26. The van der Waals surface area contributed by atoms with Crippen LogP contribution in [-0.2, 0) is 9.59 Å². The van der Waals surface area contributed by atoms with Crippen LogP contribution in [0.2, 0.25) is 0 Å². The van der Waals surface area contributed by atoms with Crippen molar-refractivity contribution in [2.45, 2.75) is 44.6 Å². The number of rotatable bonds is 3. The van der Waals surface area contributed by atoms with Crippen LogP contribution in [-0.4, -0.2) is 39.0 Å². The molecule has 5 heteroatoms. The van der Waals surface area contributed by atoms with Crippen molar-refractivity contribution < 1.29 is 14.7 Å². The van der Waals surface area contributed by atoms with Crippen molar-refractivity contribution in [1.82, 2.24) is 9.88 Å². The smallest absolute Gasteiger partial charge is 0.306 e. The number of benzene rings is 1. The average molecular weight is 352 g/mol. The standard InChI is InChI=1S/C21H24N2O3/c1-21(2)12-13(20(25)26)8-10-23(21)19(24)17-11-16(17)14-7-9-22-18-6-4-3-5-15(14)18/h3-7,9,13,16-17H,8,10-12H2,1-2H3,(H,25,26)/t13?,16-,17+/m0/s1. The monoisotopic (exact) mass is 352 g/mol. The Bertz CT molecular complexity index is 871. The van der Waals surface area contributed by atoms with E-state index in [0.29, 0.717) is 19.4 Å². The van der Waals surface area contributed by atoms with Crippen molar-refractivity contribution in [3.05, 3.63) is 42.1 Å². The fourth-order valence-corrected chi connectivity index (χ4v) is 4.48. The number of hydrogen-bond acceptors (Lipinski definition) is 3. The number of carboxylic acid groups (broad SMARTS) is 1. The average Bonchev–Trinajstić information content (AvgIpc) is 3.40. The molecular formula is C21H24N2O3. The molecule has 2 aliphatic rings. The molecule has 1 aliphatic carbocycles. The Morgan fingerprint density at radius 3 is 2.73 bits per heavy atom. The minimum atomic E-state index is -0.752. The van der Waals surface area contributed by atoms with Gasteiger partial charge in [-0.05, 0) is 56.7 Å². The molecule has 0 spiro atoms. The summed E-state index contributed by atoms with van der Waals surface area (Å²) in [6, 6.07) is 10.1. The van der Waals surface area contributed by atoms with Gasteiger partial charge < -0.3 is 10.0 Å². The molecule has 1 aromatic heterocycles. The second-order valence-corrected chi connectivity index (χ2v) is 8.20. The van der Waals surface area contributed by atoms with Crippen LogP contribution in [0.3, 0.4) is 0 Å². The molecule has 4 rings (SSSR count). The predicted octanol–water partition coefficient (Wildman–Crippen LogP) is 3.44. The van der Waals surface area contributed by atoms with Gasteiger partial charge in [-0.2, -0.15) is 0 Å². The van der Waals surface area contributed by atoms with E-state index in [1.54, 1.807) is 0 Å². The van der Waals surface area contributed by atoms with E-state index < -0.39 is 11.5 Å². The first-order chi connectivity index (χ1) is 12.4. The molecule has 2 aromatic rings. The van der Waals surface area contributed by atoms with Crippen molar-refractivity contribution in [2.75, 3.05) is 6.54 Å². The summed E-state index contributed by atoms with van der Waals surface area (Å²) < 4.78 is 0. The molecule has 1 aromatic carbocycles. The first-order valence-electron chi connectivity index (χ1n) is 9.26. The molecule has 26 heavy (non-hydrogen) atoms. The third-order valence-corrected chi connectivity index (χ3v) is 5.98. The third-order valence-electron chi connectivity index (χ3n) is 5.98. The zero-order chi connectivity index (χ0) is 18.5. The van der Waals surface area contributed by atoms with E-state index in [1.165, 1.54) is 5.56 Å². The van der Waals surface area contributed by atoms with E-state index >= 15 is 0 Å². The van der Waals surface area contributed by atoms with Crippen molar-refractivity contribution in [1.29, 1.82) is 0 Å². The summed E-state index contributed by atoms with van der Waals surface area (Å²) >= 11 is 0. The minimum Gasteiger partial charge on any atom is -0.481 e. The number of likely N-dealkylation sites (tertiary alicyclic amines) is 1. The van der Waals surface area contributed by atoms with Gasteiger partial charge in [-0.3, -0.25) is 14.6 Å². The number of carbonyl (C=O) groups excluding carboxylic acids is 1. The number of fused-ring (bicyclic) bond motifs is 1. The van der Waals surface area contributed by atoms with Gasteiger partial charge in [-0.25, -0.2) is 0 Å². The second kappa shape index (κ2) is 6.08. The Labute approximate surface area is 153 Å². The summed E-state index contributed by atoms with van der Waals surface area (Å²) in [6.45, 7) is 4.50. The number of para-hydroxylation sites is 1. The van der Waals surface area contributed by atoms with Crippen molar-refractivity contribution in [2.24, 2.45) is 11.8 Å². The molecule has 1 unspecified atom stereocenters. The Morgan fingerprint density at radius 2 is 2.00 bits per heavy atom. The van der Waals surface area contributed by atoms with Gasteiger partial charge in [0.05, 0.1) is 11.4 Å². The SMILES string of the molecule is CC1(C)CC(C(=O)O)CCN1C(=O)[C@@H]1C[C@H]1c1ccnc2ccccc12. The molecule has 136 valence electrons. The number of hydrogen-bond donors (Lipinski definition) is 1. The summed E-state index contributed by atoms with van der Waals surface area (Å²) in [6.07, 6.45) is 3.74. The molecule has 1 amide bonds. The lowest BCUT2D eigenvalue weighted by molar-refractivity contribution is -0.151. The van der Waals surface area contributed by atoms with Crippen LogP contribution in [0.15, 0.2) is 36.5 Å². The van der Waals surface area contributed by atoms with Crippen LogP contribution in [0.25, 0.3) is 10.9 Å². The van der Waals surface area contributed by atoms with Crippen molar-refractivity contribution in [3.63, 3.8) is 0 Å². The number of amides is 1. The van der Waals surface area contributed by atoms with Crippen LogP contribution in [0.5, 0.6) is 0 Å². The lowest BCUT2D eigenvalue weighted by atomic mass is 9.82. The van der Waals surface area contributed by atoms with Crippen LogP contribution in [0.1, 0.15) is 44.6 Å². The number of piperidine rings is 1. The molecule has 2 fully saturated rings. The van der Waals surface area contributed by atoms with E-state index in [-0.39, 0.29) is 23.7 Å². The normalized spacial score (nSPS) is 27.3. The number of carbonyl (C=O) groups is 2. The molecule has 5 nitrogen and oxygen atoms in total. The molecule has 3 atom stereocenters. The van der Waals surface area contributed by atoms with Gasteiger partial charge in [0.15, 0.2) is 0 Å². The minimum absolute atomic E-state index is 0.00135. The van der Waals surface area contributed by atoms with Gasteiger partial charge >= 0.3 is 5.97 Å². The van der Waals surface area contributed by atoms with Crippen LogP contribution >= 0.6 is 0 Å². The Hall–Kier alpha value is -2.43. The largest absolute Gasteiger partial charge is 0.481 e. The topological polar surface area (TPSA) is 70.5 Å². The van der Waals surface area contributed by atoms with E-state index in [4.69, 9.17) is 0 Å². The van der Waals surface area contributed by atoms with Crippen LogP contribution in [0.4, 0.5) is 0 Å². The van der Waals surface area contributed by atoms with Gasteiger partial charge in [0.2, 0.25) is 5.91 Å². The highest BCUT2D eigenvalue weighted by atomic mass is 16.4. The summed E-state index contributed by atoms with van der Waals surface area (Å²) in [5.74, 6) is -0.694. The summed E-state index contributed by atoms with van der Waals surface area (Å²) in [7, 11) is 0. The molecule has 0 radical (unpaired) electrons. The molecule has 1 saturated carbocycles. The summed E-state index contributed by atoms with van der Waals surface area (Å²) in [4.78, 5) is 30.8. The van der Waals surface area contributed by atoms with Gasteiger partial charge in [0, 0.05) is 29.6 Å². The number of aromatic nitrogens is 1. The van der Waals surface area contributed by atoms with E-state index in [1.807, 2.05) is 49.2 Å². The lowest BCUT2D eigenvalue weighted by Gasteiger charge is -2.45. The van der Waals surface area contributed by atoms with E-state index in [0.717, 1.165) is 17.3 Å². The van der Waals surface area contributed by atoms with Crippen molar-refractivity contribution >= 4 is 22.8 Å². The van der Waals surface area contributed by atoms with Gasteiger partial charge in [-0.15, -0.1) is 0 Å². The Balaban J connectivity index is 1.53. The highest BCUT2D eigenvalue weighted by Gasteiger charge is 2.50. The zero-order valence-electron chi connectivity index (χ0n) is 15.2. The fourth-order valence-electron chi connectivity index (χ4n) is 4.48. The highest BCUT2D eigenvalue weighted by molar-refractivity contribution is 5.88. The summed E-state index contributed by atoms with van der Waals surface area (Å²) in [5.41, 5.74) is 1.75. The van der Waals surface area contributed by atoms with Crippen molar-refractivity contribution in [3.8, 4) is 0 Å². The predicted molar refractivity (Wildman–Crippen MR) is 98.7 cm³/mol. The fraction of sp³-hybridized carbons (Fsp3) is 0.476. The number of nitrogens with zero attached hydrogens (tertiary/aromatic N) is 2. The van der Waals surface area contributed by atoms with E-state index in [9.17, 15) is 14.7 Å². The zero-order valence-corrected chi connectivity index (χ0v) is 15.2. The Kier molecular flexibility index (Phi) is 3.98. The number of aliphatic carboxylic acids is 1. The van der Waals surface area contributed by atoms with Crippen LogP contribution in [0, 0.1) is 11.8 Å². The maximum Gasteiger partial charge on any atom is 0.306 e. The van der Waals surface area contributed by atoms with Gasteiger partial charge in [0.1, 0.15) is 0 Å². The quantitative estimate of drug-likeness (QED) is 0.919. The molecule has 1 aliphatic heterocycles. The maximum atomic E-state index is 13.1. The third kappa shape index (κ3) is 2.85. The molecule has 1 N–H and O–H groups in total. The Morgan fingerprint density at radius 1 is 1.23 bits per heavy atom. The second-order valence-electron chi connectivity index (χ2n) is 8.20. The number of pyridine rings is 1. The molecule has 0 bridgehead atoms. The summed E-state index contributed by atoms with van der Waals surface area (Å²) in [5, 5.41) is 10.4. The lowest BCUT2D eigenvalue weighted by Crippen LogP contribution is -2.54. The van der Waals surface area contributed by atoms with Gasteiger partial charge in [-0.1, -0.05) is 18.2 Å². The van der Waals surface area contributed by atoms with Crippen LogP contribution < -0.4 is 0 Å². The molecule has 1 saturated heterocycles. The van der Waals surface area contributed by atoms with Gasteiger partial charge in [0.25, 0.3) is 0 Å². The highest BCUT2D eigenvalue weighted by Crippen LogP contribution is 2.51. The number of carboxylic acids is 1.